The summed E-state index contributed by atoms with van der Waals surface area (Å²) < 4.78 is 34.1. The molecular formula is C13H13NO4S. The number of benzene rings is 1. The zero-order valence-corrected chi connectivity index (χ0v) is 11.1. The number of aromatic nitrogens is 1. The van der Waals surface area contributed by atoms with Crippen LogP contribution in [-0.2, 0) is 10.1 Å². The number of nitrogens with zero attached hydrogens (tertiary/aromatic N) is 1. The minimum Gasteiger partial charge on any atom is -0.494 e. The number of hydrogen-bond donors (Lipinski definition) is 0. The molecule has 5 nitrogen and oxygen atoms in total. The van der Waals surface area contributed by atoms with Gasteiger partial charge in [-0.2, -0.15) is 8.42 Å². The van der Waals surface area contributed by atoms with Crippen LogP contribution in [0.25, 0.3) is 0 Å². The minimum atomic E-state index is -3.86. The Balaban J connectivity index is 2.20. The highest BCUT2D eigenvalue weighted by molar-refractivity contribution is 7.87. The quantitative estimate of drug-likeness (QED) is 0.785. The highest BCUT2D eigenvalue weighted by Gasteiger charge is 2.17. The zero-order chi connectivity index (χ0) is 13.7. The lowest BCUT2D eigenvalue weighted by molar-refractivity contribution is 0.340. The minimum absolute atomic E-state index is 0.0383. The van der Waals surface area contributed by atoms with Crippen LogP contribution in [0.2, 0.25) is 0 Å². The summed E-state index contributed by atoms with van der Waals surface area (Å²) in [5, 5.41) is 0. The van der Waals surface area contributed by atoms with Gasteiger partial charge in [0.05, 0.1) is 6.61 Å². The predicted molar refractivity (Wildman–Crippen MR) is 69.7 cm³/mol. The molecule has 1 aromatic heterocycles. The third-order valence-corrected chi connectivity index (χ3v) is 3.50. The van der Waals surface area contributed by atoms with Gasteiger partial charge in [0.15, 0.2) is 0 Å². The summed E-state index contributed by atoms with van der Waals surface area (Å²) in [6, 6.07) is 10.8. The normalized spacial score (nSPS) is 11.0. The Hall–Kier alpha value is -2.08. The fraction of sp³-hybridized carbons (Fsp3) is 0.154. The lowest BCUT2D eigenvalue weighted by Crippen LogP contribution is -2.10. The van der Waals surface area contributed by atoms with Crippen molar-refractivity contribution in [3.63, 3.8) is 0 Å². The zero-order valence-electron chi connectivity index (χ0n) is 10.3. The van der Waals surface area contributed by atoms with Gasteiger partial charge in [-0.3, -0.25) is 0 Å². The van der Waals surface area contributed by atoms with Crippen molar-refractivity contribution in [2.75, 3.05) is 6.61 Å². The molecule has 1 aromatic carbocycles. The summed E-state index contributed by atoms with van der Waals surface area (Å²) in [6.07, 6.45) is 1.46. The molecule has 0 bridgehead atoms. The molecule has 2 rings (SSSR count). The van der Waals surface area contributed by atoms with Gasteiger partial charge >= 0.3 is 10.1 Å². The van der Waals surface area contributed by atoms with Gasteiger partial charge in [-0.25, -0.2) is 4.98 Å². The van der Waals surface area contributed by atoms with Crippen molar-refractivity contribution in [3.8, 4) is 11.6 Å². The van der Waals surface area contributed by atoms with Gasteiger partial charge < -0.3 is 8.92 Å². The largest absolute Gasteiger partial charge is 0.494 e. The van der Waals surface area contributed by atoms with E-state index in [1.807, 2.05) is 6.92 Å². The summed E-state index contributed by atoms with van der Waals surface area (Å²) in [4.78, 5) is 3.87. The van der Waals surface area contributed by atoms with Crippen molar-refractivity contribution in [3.05, 3.63) is 48.7 Å². The van der Waals surface area contributed by atoms with Gasteiger partial charge in [0.2, 0.25) is 5.88 Å². The molecule has 0 aliphatic carbocycles. The van der Waals surface area contributed by atoms with Gasteiger partial charge in [-0.05, 0) is 37.3 Å². The van der Waals surface area contributed by atoms with Gasteiger partial charge in [-0.1, -0.05) is 6.07 Å². The second kappa shape index (κ2) is 5.71. The van der Waals surface area contributed by atoms with Gasteiger partial charge in [-0.15, -0.1) is 0 Å². The molecule has 0 amide bonds. The molecule has 0 radical (unpaired) electrons. The van der Waals surface area contributed by atoms with Crippen molar-refractivity contribution in [1.29, 1.82) is 0 Å². The molecule has 0 unspecified atom stereocenters. The van der Waals surface area contributed by atoms with Crippen LogP contribution in [0.3, 0.4) is 0 Å². The van der Waals surface area contributed by atoms with Crippen LogP contribution in [0.4, 0.5) is 0 Å². The number of ether oxygens (including phenoxy) is 1. The molecule has 0 aliphatic rings. The van der Waals surface area contributed by atoms with E-state index >= 15 is 0 Å². The Labute approximate surface area is 111 Å². The van der Waals surface area contributed by atoms with Crippen LogP contribution in [-0.4, -0.2) is 20.0 Å². The van der Waals surface area contributed by atoms with Crippen LogP contribution in [0, 0.1) is 0 Å². The fourth-order valence-electron chi connectivity index (χ4n) is 1.43. The Bertz CT molecular complexity index is 623. The van der Waals surface area contributed by atoms with Crippen LogP contribution >= 0.6 is 0 Å². The molecule has 0 atom stereocenters. The van der Waals surface area contributed by atoms with Crippen molar-refractivity contribution in [2.24, 2.45) is 0 Å². The van der Waals surface area contributed by atoms with E-state index in [0.717, 1.165) is 0 Å². The Morgan fingerprint density at radius 1 is 1.11 bits per heavy atom. The second-order valence-corrected chi connectivity index (χ2v) is 5.16. The first-order valence-corrected chi connectivity index (χ1v) is 7.11. The van der Waals surface area contributed by atoms with E-state index in [-0.39, 0.29) is 10.8 Å². The molecular weight excluding hydrogens is 266 g/mol. The third-order valence-electron chi connectivity index (χ3n) is 2.26. The van der Waals surface area contributed by atoms with Gasteiger partial charge in [0, 0.05) is 12.3 Å². The van der Waals surface area contributed by atoms with Gasteiger partial charge in [0.1, 0.15) is 10.6 Å². The summed E-state index contributed by atoms with van der Waals surface area (Å²) in [5.41, 5.74) is 0. The molecule has 0 fully saturated rings. The molecule has 0 saturated carbocycles. The number of rotatable bonds is 5. The molecule has 0 spiro atoms. The SMILES string of the molecule is CCOc1ccc(S(=O)(=O)Oc2ccccn2)cc1. The average Bonchev–Trinajstić information content (AvgIpc) is 2.40. The Kier molecular flexibility index (Phi) is 4.01. The number of pyridine rings is 1. The van der Waals surface area contributed by atoms with E-state index in [0.29, 0.717) is 12.4 Å². The van der Waals surface area contributed by atoms with Crippen molar-refractivity contribution >= 4 is 10.1 Å². The van der Waals surface area contributed by atoms with Gasteiger partial charge in [0.25, 0.3) is 0 Å². The molecule has 19 heavy (non-hydrogen) atoms. The van der Waals surface area contributed by atoms with E-state index in [4.69, 9.17) is 8.92 Å². The summed E-state index contributed by atoms with van der Waals surface area (Å²) >= 11 is 0. The smallest absolute Gasteiger partial charge is 0.340 e. The highest BCUT2D eigenvalue weighted by Crippen LogP contribution is 2.19. The lowest BCUT2D eigenvalue weighted by atomic mass is 10.3. The van der Waals surface area contributed by atoms with Crippen molar-refractivity contribution in [2.45, 2.75) is 11.8 Å². The first-order valence-electron chi connectivity index (χ1n) is 5.70. The molecule has 6 heteroatoms. The summed E-state index contributed by atoms with van der Waals surface area (Å²) in [6.45, 7) is 2.38. The van der Waals surface area contributed by atoms with Crippen molar-refractivity contribution < 1.29 is 17.3 Å². The Morgan fingerprint density at radius 3 is 2.42 bits per heavy atom. The van der Waals surface area contributed by atoms with Crippen LogP contribution in [0.15, 0.2) is 53.6 Å². The maximum atomic E-state index is 12.0. The van der Waals surface area contributed by atoms with E-state index in [1.165, 1.54) is 24.4 Å². The molecule has 0 aliphatic heterocycles. The van der Waals surface area contributed by atoms with Crippen LogP contribution in [0.1, 0.15) is 6.92 Å². The maximum Gasteiger partial charge on any atom is 0.340 e. The van der Waals surface area contributed by atoms with E-state index in [1.54, 1.807) is 24.3 Å². The molecule has 0 N–H and O–H groups in total. The van der Waals surface area contributed by atoms with Crippen molar-refractivity contribution in [1.82, 2.24) is 4.98 Å². The fourth-order valence-corrected chi connectivity index (χ4v) is 2.32. The number of hydrogen-bond acceptors (Lipinski definition) is 5. The van der Waals surface area contributed by atoms with Crippen LogP contribution in [0.5, 0.6) is 11.6 Å². The third kappa shape index (κ3) is 3.45. The molecule has 1 heterocycles. The first kappa shape index (κ1) is 13.4. The molecule has 100 valence electrons. The predicted octanol–water partition coefficient (Wildman–Crippen LogP) is 2.25. The highest BCUT2D eigenvalue weighted by atomic mass is 32.2. The second-order valence-electron chi connectivity index (χ2n) is 3.61. The first-order chi connectivity index (χ1) is 9.12. The van der Waals surface area contributed by atoms with E-state index < -0.39 is 10.1 Å². The molecule has 2 aromatic rings. The van der Waals surface area contributed by atoms with E-state index in [9.17, 15) is 8.42 Å². The molecule has 0 saturated heterocycles. The van der Waals surface area contributed by atoms with E-state index in [2.05, 4.69) is 4.98 Å². The van der Waals surface area contributed by atoms with Crippen LogP contribution < -0.4 is 8.92 Å². The maximum absolute atomic E-state index is 12.0. The summed E-state index contributed by atoms with van der Waals surface area (Å²) in [5.74, 6) is 0.649. The Morgan fingerprint density at radius 2 is 1.84 bits per heavy atom. The lowest BCUT2D eigenvalue weighted by Gasteiger charge is -2.07. The topological polar surface area (TPSA) is 65.5 Å². The summed E-state index contributed by atoms with van der Waals surface area (Å²) in [7, 11) is -3.86. The average molecular weight is 279 g/mol. The monoisotopic (exact) mass is 279 g/mol. The standard InChI is InChI=1S/C13H13NO4S/c1-2-17-11-6-8-12(9-7-11)19(15,16)18-13-5-3-4-10-14-13/h3-10H,2H2,1H3.